The molecule has 0 fully saturated rings. The molecule has 0 bridgehead atoms. The van der Waals surface area contributed by atoms with Gasteiger partial charge in [-0.05, 0) is 55.0 Å². The van der Waals surface area contributed by atoms with Crippen LogP contribution in [0.25, 0.3) is 5.82 Å². The Bertz CT molecular complexity index is 1210. The number of ether oxygens (including phenoxy) is 1. The fraction of sp³-hybridized carbons (Fsp3) is 0.0870. The zero-order chi connectivity index (χ0) is 21.8. The average molecular weight is 453 g/mol. The summed E-state index contributed by atoms with van der Waals surface area (Å²) in [5, 5.41) is 3.70. The van der Waals surface area contributed by atoms with E-state index in [1.165, 1.54) is 6.20 Å². The largest absolute Gasteiger partial charge is 0.456 e. The first-order chi connectivity index (χ1) is 15.0. The first-order valence-corrected chi connectivity index (χ1v) is 10.2. The van der Waals surface area contributed by atoms with Crippen LogP contribution in [0.15, 0.2) is 73.2 Å². The van der Waals surface area contributed by atoms with Crippen LogP contribution >= 0.6 is 23.2 Å². The highest BCUT2D eigenvalue weighted by Crippen LogP contribution is 2.24. The van der Waals surface area contributed by atoms with Gasteiger partial charge in [0.15, 0.2) is 5.82 Å². The maximum atomic E-state index is 12.7. The van der Waals surface area contributed by atoms with Crippen LogP contribution in [0, 0.1) is 6.92 Å². The number of nitrogens with zero attached hydrogens (tertiary/aromatic N) is 3. The molecule has 0 aliphatic rings. The molecule has 4 rings (SSSR count). The summed E-state index contributed by atoms with van der Waals surface area (Å²) < 4.78 is 7.40. The van der Waals surface area contributed by atoms with Gasteiger partial charge in [0.2, 0.25) is 0 Å². The highest BCUT2D eigenvalue weighted by atomic mass is 35.5. The Kier molecular flexibility index (Phi) is 6.21. The summed E-state index contributed by atoms with van der Waals surface area (Å²) in [7, 11) is 0. The molecule has 0 radical (unpaired) electrons. The molecule has 0 aliphatic heterocycles. The first kappa shape index (κ1) is 20.9. The van der Waals surface area contributed by atoms with Crippen LogP contribution in [0.4, 0.5) is 0 Å². The number of pyridine rings is 2. The number of aromatic nitrogens is 3. The van der Waals surface area contributed by atoms with E-state index in [2.05, 4.69) is 15.3 Å². The molecule has 0 saturated heterocycles. The molecule has 8 heteroatoms. The molecule has 0 atom stereocenters. The van der Waals surface area contributed by atoms with Crippen LogP contribution in [0.3, 0.4) is 0 Å². The second kappa shape index (κ2) is 9.20. The van der Waals surface area contributed by atoms with Gasteiger partial charge in [0.25, 0.3) is 5.91 Å². The summed E-state index contributed by atoms with van der Waals surface area (Å²) in [5.41, 5.74) is 2.28. The van der Waals surface area contributed by atoms with Gasteiger partial charge in [-0.2, -0.15) is 0 Å². The number of carbonyl (C=O) groups excluding carboxylic acids is 1. The summed E-state index contributed by atoms with van der Waals surface area (Å²) >= 11 is 12.1. The van der Waals surface area contributed by atoms with Crippen molar-refractivity contribution in [1.82, 2.24) is 19.9 Å². The smallest absolute Gasteiger partial charge is 0.268 e. The molecule has 6 nitrogen and oxygen atoms in total. The van der Waals surface area contributed by atoms with E-state index in [4.69, 9.17) is 27.9 Å². The van der Waals surface area contributed by atoms with Crippen molar-refractivity contribution in [3.8, 4) is 17.3 Å². The van der Waals surface area contributed by atoms with Gasteiger partial charge in [0.05, 0.1) is 16.2 Å². The van der Waals surface area contributed by atoms with Gasteiger partial charge in [0, 0.05) is 24.6 Å². The number of benzene rings is 1. The number of nitrogens with one attached hydrogen (secondary N) is 1. The molecule has 0 spiro atoms. The maximum Gasteiger partial charge on any atom is 0.268 e. The first-order valence-electron chi connectivity index (χ1n) is 9.46. The van der Waals surface area contributed by atoms with Crippen LogP contribution < -0.4 is 10.1 Å². The molecular weight excluding hydrogens is 435 g/mol. The summed E-state index contributed by atoms with van der Waals surface area (Å²) in [6, 6.07) is 16.3. The third-order valence-corrected chi connectivity index (χ3v) is 4.98. The molecule has 1 amide bonds. The molecule has 3 heterocycles. The molecule has 0 unspecified atom stereocenters. The maximum absolute atomic E-state index is 12.7. The summed E-state index contributed by atoms with van der Waals surface area (Å²) in [6.07, 6.45) is 4.89. The van der Waals surface area contributed by atoms with Crippen LogP contribution in [0.5, 0.6) is 11.5 Å². The quantitative estimate of drug-likeness (QED) is 0.412. The second-order valence-corrected chi connectivity index (χ2v) is 7.63. The van der Waals surface area contributed by atoms with Crippen molar-refractivity contribution in [2.75, 3.05) is 0 Å². The van der Waals surface area contributed by atoms with Crippen molar-refractivity contribution in [2.24, 2.45) is 0 Å². The van der Waals surface area contributed by atoms with E-state index in [-0.39, 0.29) is 5.91 Å². The van der Waals surface area contributed by atoms with Gasteiger partial charge < -0.3 is 10.1 Å². The minimum atomic E-state index is -0.246. The molecule has 156 valence electrons. The molecule has 1 N–H and O–H groups in total. The Morgan fingerprint density at radius 2 is 1.81 bits per heavy atom. The van der Waals surface area contributed by atoms with Crippen molar-refractivity contribution in [2.45, 2.75) is 13.5 Å². The number of rotatable bonds is 6. The van der Waals surface area contributed by atoms with Crippen LogP contribution in [0.1, 0.15) is 21.7 Å². The van der Waals surface area contributed by atoms with E-state index < -0.39 is 0 Å². The van der Waals surface area contributed by atoms with E-state index in [1.54, 1.807) is 35.2 Å². The third kappa shape index (κ3) is 5.05. The molecule has 3 aromatic heterocycles. The molecule has 31 heavy (non-hydrogen) atoms. The monoisotopic (exact) mass is 452 g/mol. The highest BCUT2D eigenvalue weighted by molar-refractivity contribution is 6.35. The number of aryl methyl sites for hydroxylation is 1. The highest BCUT2D eigenvalue weighted by Gasteiger charge is 2.15. The Balaban J connectivity index is 1.40. The molecule has 1 aromatic carbocycles. The summed E-state index contributed by atoms with van der Waals surface area (Å²) in [4.78, 5) is 21.2. The van der Waals surface area contributed by atoms with E-state index in [0.717, 1.165) is 11.3 Å². The van der Waals surface area contributed by atoms with Gasteiger partial charge >= 0.3 is 0 Å². The van der Waals surface area contributed by atoms with Crippen LogP contribution in [0.2, 0.25) is 10.0 Å². The second-order valence-electron chi connectivity index (χ2n) is 6.79. The Labute approximate surface area is 189 Å². The van der Waals surface area contributed by atoms with Gasteiger partial charge in [-0.1, -0.05) is 35.3 Å². The van der Waals surface area contributed by atoms with E-state index in [1.807, 2.05) is 43.3 Å². The van der Waals surface area contributed by atoms with Crippen LogP contribution in [-0.2, 0) is 6.54 Å². The van der Waals surface area contributed by atoms with Crippen molar-refractivity contribution in [3.05, 3.63) is 100 Å². The number of amides is 1. The number of hydrogen-bond donors (Lipinski definition) is 1. The fourth-order valence-electron chi connectivity index (χ4n) is 2.93. The number of hydrogen-bond acceptors (Lipinski definition) is 4. The summed E-state index contributed by atoms with van der Waals surface area (Å²) in [6.45, 7) is 2.28. The number of halogens is 2. The lowest BCUT2D eigenvalue weighted by Crippen LogP contribution is -2.25. The molecule has 0 saturated carbocycles. The van der Waals surface area contributed by atoms with Crippen LogP contribution in [-0.4, -0.2) is 20.4 Å². The van der Waals surface area contributed by atoms with Gasteiger partial charge in [0.1, 0.15) is 17.2 Å². The zero-order valence-electron chi connectivity index (χ0n) is 16.5. The molecular formula is C23H18Cl2N4O2. The van der Waals surface area contributed by atoms with Crippen molar-refractivity contribution in [1.29, 1.82) is 0 Å². The number of carbonyl (C=O) groups is 1. The SMILES string of the molecule is Cc1ccc(Oc2ccc(CNC(=O)c3cccn3-c3ncc(Cl)cc3Cl)cc2)cn1. The predicted octanol–water partition coefficient (Wildman–Crippen LogP) is 5.60. The topological polar surface area (TPSA) is 69.0 Å². The normalized spacial score (nSPS) is 10.7. The Morgan fingerprint density at radius 1 is 1.03 bits per heavy atom. The van der Waals surface area contributed by atoms with E-state index in [0.29, 0.717) is 39.6 Å². The van der Waals surface area contributed by atoms with Gasteiger partial charge in [-0.3, -0.25) is 14.3 Å². The van der Waals surface area contributed by atoms with Crippen molar-refractivity contribution < 1.29 is 9.53 Å². The summed E-state index contributed by atoms with van der Waals surface area (Å²) in [5.74, 6) is 1.55. The zero-order valence-corrected chi connectivity index (χ0v) is 18.1. The minimum Gasteiger partial charge on any atom is -0.456 e. The molecule has 4 aromatic rings. The van der Waals surface area contributed by atoms with Gasteiger partial charge in [-0.15, -0.1) is 0 Å². The lowest BCUT2D eigenvalue weighted by Gasteiger charge is -2.11. The minimum absolute atomic E-state index is 0.246. The predicted molar refractivity (Wildman–Crippen MR) is 120 cm³/mol. The molecule has 0 aliphatic carbocycles. The Hall–Kier alpha value is -3.35. The van der Waals surface area contributed by atoms with Gasteiger partial charge in [-0.25, -0.2) is 4.98 Å². The Morgan fingerprint density at radius 3 is 2.52 bits per heavy atom. The lowest BCUT2D eigenvalue weighted by molar-refractivity contribution is 0.0944. The lowest BCUT2D eigenvalue weighted by atomic mass is 10.2. The fourth-order valence-corrected chi connectivity index (χ4v) is 3.41. The third-order valence-electron chi connectivity index (χ3n) is 4.49. The standard InChI is InChI=1S/C23H18Cl2N4O2/c1-15-4-7-19(14-26-15)31-18-8-5-16(6-9-18)12-28-23(30)21-3-2-10-29(21)22-20(25)11-17(24)13-27-22/h2-11,13-14H,12H2,1H3,(H,28,30). The van der Waals surface area contributed by atoms with Crippen molar-refractivity contribution in [3.63, 3.8) is 0 Å². The average Bonchev–Trinajstić information content (AvgIpc) is 3.24. The van der Waals surface area contributed by atoms with E-state index in [9.17, 15) is 4.79 Å². The van der Waals surface area contributed by atoms with Crippen molar-refractivity contribution >= 4 is 29.1 Å². The van der Waals surface area contributed by atoms with E-state index >= 15 is 0 Å².